The lowest BCUT2D eigenvalue weighted by molar-refractivity contribution is -0.131. The molecule has 1 aromatic carbocycles. The van der Waals surface area contributed by atoms with Crippen LogP contribution in [0.15, 0.2) is 52.1 Å². The number of anilines is 1. The first kappa shape index (κ1) is 20.7. The minimum Gasteiger partial charge on any atom is -0.359 e. The van der Waals surface area contributed by atoms with Crippen LogP contribution in [0.2, 0.25) is 0 Å². The number of carbonyl (C=O) groups excluding carboxylic acids is 1. The van der Waals surface area contributed by atoms with Crippen molar-refractivity contribution in [2.75, 3.05) is 18.0 Å². The maximum atomic E-state index is 13.5. The summed E-state index contributed by atoms with van der Waals surface area (Å²) in [6, 6.07) is 11.3. The summed E-state index contributed by atoms with van der Waals surface area (Å²) < 4.78 is 23.4. The molecular formula is C22H23N3O3S3. The first-order chi connectivity index (χ1) is 14.8. The number of carbonyl (C=O) groups is 1. The third-order valence-electron chi connectivity index (χ3n) is 6.14. The van der Waals surface area contributed by atoms with E-state index in [4.69, 9.17) is 5.14 Å². The molecular weight excluding hydrogens is 450 g/mol. The van der Waals surface area contributed by atoms with Crippen LogP contribution in [0.4, 0.5) is 5.69 Å². The van der Waals surface area contributed by atoms with Crippen molar-refractivity contribution in [3.05, 3.63) is 68.0 Å². The van der Waals surface area contributed by atoms with Crippen molar-refractivity contribution in [2.45, 2.75) is 36.7 Å². The predicted octanol–water partition coefficient (Wildman–Crippen LogP) is 3.38. The lowest BCUT2D eigenvalue weighted by Gasteiger charge is -2.37. The van der Waals surface area contributed by atoms with Crippen molar-refractivity contribution < 1.29 is 13.2 Å². The van der Waals surface area contributed by atoms with Crippen molar-refractivity contribution >= 4 is 44.3 Å². The lowest BCUT2D eigenvalue weighted by atomic mass is 9.98. The number of nitrogens with two attached hydrogens (primary N) is 1. The van der Waals surface area contributed by atoms with Crippen LogP contribution in [0.25, 0.3) is 0 Å². The van der Waals surface area contributed by atoms with E-state index in [2.05, 4.69) is 34.7 Å². The zero-order valence-electron chi connectivity index (χ0n) is 17.0. The molecule has 6 nitrogen and oxygen atoms in total. The molecule has 2 aromatic heterocycles. The average molecular weight is 474 g/mol. The van der Waals surface area contributed by atoms with Crippen molar-refractivity contribution in [3.63, 3.8) is 0 Å². The number of benzene rings is 1. The second kappa shape index (κ2) is 7.74. The maximum Gasteiger partial charge on any atom is 0.242 e. The highest BCUT2D eigenvalue weighted by molar-refractivity contribution is 7.89. The average Bonchev–Trinajstić information content (AvgIpc) is 3.46. The Hall–Kier alpha value is -2.20. The Bertz CT molecular complexity index is 1230. The number of fused-ring (bicyclic) bond motifs is 2. The second-order valence-corrected chi connectivity index (χ2v) is 11.6. The van der Waals surface area contributed by atoms with Gasteiger partial charge in [-0.15, -0.1) is 22.7 Å². The number of hydrogen-bond donors (Lipinski definition) is 1. The van der Waals surface area contributed by atoms with Gasteiger partial charge in [0.05, 0.1) is 17.5 Å². The van der Waals surface area contributed by atoms with Gasteiger partial charge in [0.1, 0.15) is 0 Å². The first-order valence-electron chi connectivity index (χ1n) is 10.1. The van der Waals surface area contributed by atoms with E-state index in [0.29, 0.717) is 13.0 Å². The smallest absolute Gasteiger partial charge is 0.242 e. The van der Waals surface area contributed by atoms with Crippen LogP contribution >= 0.6 is 22.7 Å². The highest BCUT2D eigenvalue weighted by Gasteiger charge is 2.36. The first-order valence-corrected chi connectivity index (χ1v) is 13.4. The van der Waals surface area contributed by atoms with Crippen molar-refractivity contribution in [3.8, 4) is 0 Å². The Morgan fingerprint density at radius 1 is 1.19 bits per heavy atom. The van der Waals surface area contributed by atoms with Crippen LogP contribution < -0.4 is 10.0 Å². The third-order valence-corrected chi connectivity index (χ3v) is 8.97. The normalized spacial score (nSPS) is 20.6. The Labute approximate surface area is 190 Å². The molecule has 0 bridgehead atoms. The molecule has 1 amide bonds. The van der Waals surface area contributed by atoms with Gasteiger partial charge < -0.3 is 9.80 Å². The molecule has 0 unspecified atom stereocenters. The fourth-order valence-corrected chi connectivity index (χ4v) is 6.99. The van der Waals surface area contributed by atoms with Crippen LogP contribution in [0.3, 0.4) is 0 Å². The van der Waals surface area contributed by atoms with E-state index >= 15 is 0 Å². The van der Waals surface area contributed by atoms with E-state index in [-0.39, 0.29) is 29.4 Å². The zero-order chi connectivity index (χ0) is 21.8. The van der Waals surface area contributed by atoms with E-state index in [1.54, 1.807) is 34.8 Å². The molecule has 0 radical (unpaired) electrons. The standard InChI is InChI=1S/C22H23N3O3S3/c1-14-11-15-12-16(31(23,27)28)4-5-18(15)25(14)13-21(26)24-8-6-19-17(7-10-30-19)22(24)20-3-2-9-29-20/h2-5,7,9-10,12,14,22H,6,8,11,13H2,1H3,(H2,23,27,28)/t14-,22-/m1/s1. The molecule has 0 fully saturated rings. The van der Waals surface area contributed by atoms with E-state index in [1.807, 2.05) is 11.0 Å². The fraction of sp³-hybridized carbons (Fsp3) is 0.318. The number of rotatable bonds is 4. The molecule has 2 atom stereocenters. The summed E-state index contributed by atoms with van der Waals surface area (Å²) in [7, 11) is -3.75. The quantitative estimate of drug-likeness (QED) is 0.630. The van der Waals surface area contributed by atoms with Gasteiger partial charge >= 0.3 is 0 Å². The molecule has 9 heteroatoms. The predicted molar refractivity (Wildman–Crippen MR) is 124 cm³/mol. The number of amides is 1. The zero-order valence-corrected chi connectivity index (χ0v) is 19.5. The van der Waals surface area contributed by atoms with Crippen LogP contribution in [-0.4, -0.2) is 38.4 Å². The van der Waals surface area contributed by atoms with Crippen molar-refractivity contribution in [1.29, 1.82) is 0 Å². The molecule has 2 aliphatic rings. The highest BCUT2D eigenvalue weighted by atomic mass is 32.2. The van der Waals surface area contributed by atoms with Crippen molar-refractivity contribution in [2.24, 2.45) is 5.14 Å². The number of nitrogens with zero attached hydrogens (tertiary/aromatic N) is 2. The van der Waals surface area contributed by atoms with Gasteiger partial charge in [-0.2, -0.15) is 0 Å². The summed E-state index contributed by atoms with van der Waals surface area (Å²) in [5.41, 5.74) is 3.06. The minimum absolute atomic E-state index is 0.0374. The number of thiophene rings is 2. The molecule has 3 aromatic rings. The molecule has 162 valence electrons. The van der Waals surface area contributed by atoms with E-state index < -0.39 is 10.0 Å². The Morgan fingerprint density at radius 3 is 2.77 bits per heavy atom. The summed E-state index contributed by atoms with van der Waals surface area (Å²) >= 11 is 3.45. The van der Waals surface area contributed by atoms with Crippen molar-refractivity contribution in [1.82, 2.24) is 4.90 Å². The number of sulfonamides is 1. The Kier molecular flexibility index (Phi) is 5.16. The monoisotopic (exact) mass is 473 g/mol. The van der Waals surface area contributed by atoms with Gasteiger partial charge in [-0.3, -0.25) is 4.79 Å². The Morgan fingerprint density at radius 2 is 2.03 bits per heavy atom. The summed E-state index contributed by atoms with van der Waals surface area (Å²) in [4.78, 5) is 20.3. The van der Waals surface area contributed by atoms with Gasteiger partial charge in [0, 0.05) is 28.0 Å². The van der Waals surface area contributed by atoms with E-state index in [0.717, 1.165) is 17.7 Å². The second-order valence-electron chi connectivity index (χ2n) is 8.07. The van der Waals surface area contributed by atoms with Crippen LogP contribution in [-0.2, 0) is 27.7 Å². The summed E-state index contributed by atoms with van der Waals surface area (Å²) in [6.45, 7) is 3.03. The maximum absolute atomic E-state index is 13.5. The van der Waals surface area contributed by atoms with Gasteiger partial charge in [-0.1, -0.05) is 6.07 Å². The summed E-state index contributed by atoms with van der Waals surface area (Å²) in [5.74, 6) is 0.0884. The summed E-state index contributed by atoms with van der Waals surface area (Å²) in [5, 5.41) is 9.46. The van der Waals surface area contributed by atoms with Crippen LogP contribution in [0, 0.1) is 0 Å². The largest absolute Gasteiger partial charge is 0.359 e. The van der Waals surface area contributed by atoms with Gasteiger partial charge in [0.2, 0.25) is 15.9 Å². The molecule has 31 heavy (non-hydrogen) atoms. The SMILES string of the molecule is C[C@@H]1Cc2cc(S(N)(=O)=O)ccc2N1CC(=O)N1CCc2sccc2[C@@H]1c1cccs1. The molecule has 0 aliphatic carbocycles. The molecule has 4 heterocycles. The topological polar surface area (TPSA) is 83.7 Å². The molecule has 2 N–H and O–H groups in total. The third kappa shape index (κ3) is 3.69. The van der Waals surface area contributed by atoms with Gasteiger partial charge in [-0.05, 0) is 72.0 Å². The molecule has 0 saturated carbocycles. The Balaban J connectivity index is 1.43. The number of primary sulfonamides is 1. The minimum atomic E-state index is -3.75. The van der Waals surface area contributed by atoms with Gasteiger partial charge in [0.25, 0.3) is 0 Å². The van der Waals surface area contributed by atoms with E-state index in [9.17, 15) is 13.2 Å². The molecule has 0 saturated heterocycles. The fourth-order valence-electron chi connectivity index (χ4n) is 4.66. The van der Waals surface area contributed by atoms with Crippen LogP contribution in [0.5, 0.6) is 0 Å². The molecule has 0 spiro atoms. The number of hydrogen-bond acceptors (Lipinski definition) is 6. The van der Waals surface area contributed by atoms with Crippen LogP contribution in [0.1, 0.15) is 33.8 Å². The summed E-state index contributed by atoms with van der Waals surface area (Å²) in [6.07, 6.45) is 1.57. The van der Waals surface area contributed by atoms with Gasteiger partial charge in [0.15, 0.2) is 0 Å². The van der Waals surface area contributed by atoms with Gasteiger partial charge in [-0.25, -0.2) is 13.6 Å². The lowest BCUT2D eigenvalue weighted by Crippen LogP contribution is -2.46. The molecule has 2 aliphatic heterocycles. The molecule has 5 rings (SSSR count). The highest BCUT2D eigenvalue weighted by Crippen LogP contribution is 2.40. The van der Waals surface area contributed by atoms with E-state index in [1.165, 1.54) is 21.4 Å².